The van der Waals surface area contributed by atoms with E-state index < -0.39 is 0 Å². The third-order valence-electron chi connectivity index (χ3n) is 3.20. The molecule has 0 amide bonds. The molecule has 0 aliphatic heterocycles. The molecule has 1 saturated carbocycles. The van der Waals surface area contributed by atoms with Crippen molar-refractivity contribution in [2.45, 2.75) is 25.9 Å². The number of rotatable bonds is 4. The van der Waals surface area contributed by atoms with E-state index in [9.17, 15) is 10.1 Å². The van der Waals surface area contributed by atoms with Crippen LogP contribution in [0.3, 0.4) is 0 Å². The van der Waals surface area contributed by atoms with Gasteiger partial charge >= 0.3 is 5.69 Å². The van der Waals surface area contributed by atoms with E-state index in [4.69, 9.17) is 10.5 Å². The van der Waals surface area contributed by atoms with Crippen LogP contribution in [0.1, 0.15) is 18.4 Å². The van der Waals surface area contributed by atoms with Gasteiger partial charge in [0.2, 0.25) is 0 Å². The van der Waals surface area contributed by atoms with Crippen molar-refractivity contribution in [1.82, 2.24) is 0 Å². The van der Waals surface area contributed by atoms with E-state index in [1.807, 2.05) is 0 Å². The molecule has 92 valence electrons. The van der Waals surface area contributed by atoms with Crippen LogP contribution in [0.5, 0.6) is 5.75 Å². The number of ether oxygens (including phenoxy) is 1. The van der Waals surface area contributed by atoms with E-state index in [0.717, 1.165) is 12.8 Å². The number of hydrogen-bond acceptors (Lipinski definition) is 4. The Labute approximate surface area is 99.7 Å². The Morgan fingerprint density at radius 1 is 1.53 bits per heavy atom. The molecule has 0 saturated heterocycles. The van der Waals surface area contributed by atoms with Crippen molar-refractivity contribution in [2.24, 2.45) is 11.7 Å². The predicted molar refractivity (Wildman–Crippen MR) is 64.0 cm³/mol. The Morgan fingerprint density at radius 3 is 2.82 bits per heavy atom. The molecule has 2 N–H and O–H groups in total. The zero-order valence-corrected chi connectivity index (χ0v) is 9.76. The number of nitrogens with zero attached hydrogens (tertiary/aromatic N) is 1. The molecule has 0 heterocycles. The molecule has 5 heteroatoms. The van der Waals surface area contributed by atoms with Gasteiger partial charge in [-0.15, -0.1) is 0 Å². The molecule has 0 spiro atoms. The van der Waals surface area contributed by atoms with Crippen molar-refractivity contribution in [2.75, 3.05) is 6.54 Å². The molecule has 0 radical (unpaired) electrons. The van der Waals surface area contributed by atoms with Crippen LogP contribution in [0.25, 0.3) is 0 Å². The summed E-state index contributed by atoms with van der Waals surface area (Å²) in [5.74, 6) is 0.874. The van der Waals surface area contributed by atoms with Gasteiger partial charge in [0.1, 0.15) is 0 Å². The summed E-state index contributed by atoms with van der Waals surface area (Å²) in [7, 11) is 0. The SMILES string of the molecule is Cc1cccc(OC2CC(CN)C2)c1[N+](=O)[O-]. The van der Waals surface area contributed by atoms with Crippen LogP contribution < -0.4 is 10.5 Å². The number of nitro groups is 1. The average molecular weight is 236 g/mol. The fourth-order valence-electron chi connectivity index (χ4n) is 2.10. The highest BCUT2D eigenvalue weighted by atomic mass is 16.6. The highest BCUT2D eigenvalue weighted by Crippen LogP contribution is 2.36. The molecule has 0 unspecified atom stereocenters. The molecule has 5 nitrogen and oxygen atoms in total. The van der Waals surface area contributed by atoms with Gasteiger partial charge in [-0.2, -0.15) is 0 Å². The summed E-state index contributed by atoms with van der Waals surface area (Å²) in [6.07, 6.45) is 1.85. The molecule has 1 aromatic carbocycles. The number of aryl methyl sites for hydroxylation is 1. The molecule has 1 aromatic rings. The molecule has 17 heavy (non-hydrogen) atoms. The van der Waals surface area contributed by atoms with Crippen LogP contribution in [0.4, 0.5) is 5.69 Å². The molecular formula is C12H16N2O3. The Balaban J connectivity index is 2.11. The topological polar surface area (TPSA) is 78.4 Å². The smallest absolute Gasteiger partial charge is 0.313 e. The summed E-state index contributed by atoms with van der Waals surface area (Å²) in [4.78, 5) is 10.6. The Bertz CT molecular complexity index is 428. The van der Waals surface area contributed by atoms with E-state index in [2.05, 4.69) is 0 Å². The largest absolute Gasteiger partial charge is 0.483 e. The highest BCUT2D eigenvalue weighted by molar-refractivity contribution is 5.52. The number of nitro benzene ring substituents is 1. The third-order valence-corrected chi connectivity index (χ3v) is 3.20. The van der Waals surface area contributed by atoms with Crippen molar-refractivity contribution in [3.63, 3.8) is 0 Å². The van der Waals surface area contributed by atoms with Gasteiger partial charge in [0.05, 0.1) is 11.0 Å². The standard InChI is InChI=1S/C12H16N2O3/c1-8-3-2-4-11(12(8)14(15)16)17-10-5-9(6-10)7-13/h2-4,9-10H,5-7,13H2,1H3. The van der Waals surface area contributed by atoms with Gasteiger partial charge in [-0.25, -0.2) is 0 Å². The molecule has 0 atom stereocenters. The van der Waals surface area contributed by atoms with Crippen molar-refractivity contribution in [1.29, 1.82) is 0 Å². The first kappa shape index (κ1) is 11.9. The maximum Gasteiger partial charge on any atom is 0.313 e. The van der Waals surface area contributed by atoms with Crippen molar-refractivity contribution >= 4 is 5.69 Å². The second-order valence-electron chi connectivity index (χ2n) is 4.49. The molecule has 2 rings (SSSR count). The Kier molecular flexibility index (Phi) is 3.28. The summed E-state index contributed by atoms with van der Waals surface area (Å²) in [6, 6.07) is 5.14. The van der Waals surface area contributed by atoms with Crippen molar-refractivity contribution in [3.05, 3.63) is 33.9 Å². The number of nitrogens with two attached hydrogens (primary N) is 1. The number of para-hydroxylation sites is 1. The van der Waals surface area contributed by atoms with E-state index in [1.165, 1.54) is 0 Å². The molecule has 1 aliphatic rings. The minimum absolute atomic E-state index is 0.0729. The summed E-state index contributed by atoms with van der Waals surface area (Å²) >= 11 is 0. The highest BCUT2D eigenvalue weighted by Gasteiger charge is 2.31. The predicted octanol–water partition coefficient (Wildman–Crippen LogP) is 2.02. The zero-order valence-electron chi connectivity index (χ0n) is 9.76. The summed E-state index contributed by atoms with van der Waals surface area (Å²) in [5.41, 5.74) is 6.23. The van der Waals surface area contributed by atoms with Gasteiger partial charge in [0.15, 0.2) is 5.75 Å². The van der Waals surface area contributed by atoms with Gasteiger partial charge in [0, 0.05) is 5.56 Å². The fourth-order valence-corrected chi connectivity index (χ4v) is 2.10. The zero-order chi connectivity index (χ0) is 12.4. The van der Waals surface area contributed by atoms with Crippen LogP contribution in [0.15, 0.2) is 18.2 Å². The second-order valence-corrected chi connectivity index (χ2v) is 4.49. The minimum Gasteiger partial charge on any atom is -0.483 e. The molecule has 1 fully saturated rings. The van der Waals surface area contributed by atoms with Crippen LogP contribution in [-0.4, -0.2) is 17.6 Å². The van der Waals surface area contributed by atoms with E-state index >= 15 is 0 Å². The lowest BCUT2D eigenvalue weighted by atomic mass is 9.82. The first-order valence-corrected chi connectivity index (χ1v) is 5.72. The first-order valence-electron chi connectivity index (χ1n) is 5.72. The van der Waals surface area contributed by atoms with Crippen molar-refractivity contribution in [3.8, 4) is 5.75 Å². The average Bonchev–Trinajstić information content (AvgIpc) is 2.22. The lowest BCUT2D eigenvalue weighted by molar-refractivity contribution is -0.386. The Morgan fingerprint density at radius 2 is 2.24 bits per heavy atom. The summed E-state index contributed by atoms with van der Waals surface area (Å²) in [5, 5.41) is 11.0. The maximum absolute atomic E-state index is 11.0. The molecule has 0 bridgehead atoms. The van der Waals surface area contributed by atoms with Gasteiger partial charge < -0.3 is 10.5 Å². The van der Waals surface area contributed by atoms with E-state index in [-0.39, 0.29) is 16.7 Å². The molecular weight excluding hydrogens is 220 g/mol. The van der Waals surface area contributed by atoms with Crippen LogP contribution >= 0.6 is 0 Å². The van der Waals surface area contributed by atoms with Gasteiger partial charge in [-0.3, -0.25) is 10.1 Å². The molecule has 1 aliphatic carbocycles. The van der Waals surface area contributed by atoms with Gasteiger partial charge in [-0.05, 0) is 38.3 Å². The fraction of sp³-hybridized carbons (Fsp3) is 0.500. The van der Waals surface area contributed by atoms with E-state index in [1.54, 1.807) is 25.1 Å². The first-order chi connectivity index (χ1) is 8.11. The second kappa shape index (κ2) is 4.71. The minimum atomic E-state index is -0.385. The number of hydrogen-bond donors (Lipinski definition) is 1. The molecule has 0 aromatic heterocycles. The van der Waals surface area contributed by atoms with Crippen LogP contribution in [-0.2, 0) is 0 Å². The van der Waals surface area contributed by atoms with Crippen LogP contribution in [0, 0.1) is 23.0 Å². The normalized spacial score (nSPS) is 22.9. The lowest BCUT2D eigenvalue weighted by Gasteiger charge is -2.34. The third kappa shape index (κ3) is 2.39. The van der Waals surface area contributed by atoms with E-state index in [0.29, 0.717) is 23.8 Å². The quantitative estimate of drug-likeness (QED) is 0.640. The summed E-state index contributed by atoms with van der Waals surface area (Å²) in [6.45, 7) is 2.38. The monoisotopic (exact) mass is 236 g/mol. The Hall–Kier alpha value is -1.62. The maximum atomic E-state index is 11.0. The van der Waals surface area contributed by atoms with Crippen molar-refractivity contribution < 1.29 is 9.66 Å². The summed E-state index contributed by atoms with van der Waals surface area (Å²) < 4.78 is 5.66. The van der Waals surface area contributed by atoms with Gasteiger partial charge in [0.25, 0.3) is 0 Å². The van der Waals surface area contributed by atoms with Crippen LogP contribution in [0.2, 0.25) is 0 Å². The van der Waals surface area contributed by atoms with Gasteiger partial charge in [-0.1, -0.05) is 12.1 Å². The lowest BCUT2D eigenvalue weighted by Crippen LogP contribution is -2.37. The number of benzene rings is 1.